The van der Waals surface area contributed by atoms with Gasteiger partial charge in [0.15, 0.2) is 5.70 Å². The summed E-state index contributed by atoms with van der Waals surface area (Å²) in [5.41, 5.74) is 5.56. The summed E-state index contributed by atoms with van der Waals surface area (Å²) < 4.78 is 32.8. The molecule has 5 heteroatoms. The predicted octanol–water partition coefficient (Wildman–Crippen LogP) is 4.14. The number of aromatic nitrogens is 1. The summed E-state index contributed by atoms with van der Waals surface area (Å²) in [5, 5.41) is 0. The third kappa shape index (κ3) is 1.66. The van der Waals surface area contributed by atoms with Gasteiger partial charge in [-0.3, -0.25) is 0 Å². The Hall–Kier alpha value is -1.65. The first-order valence-electron chi connectivity index (χ1n) is 7.45. The number of rotatable bonds is 1. The molecule has 21 heavy (non-hydrogen) atoms. The zero-order valence-electron chi connectivity index (χ0n) is 13.5. The zero-order chi connectivity index (χ0) is 15.7. The summed E-state index contributed by atoms with van der Waals surface area (Å²) in [6.45, 7) is 7.71. The van der Waals surface area contributed by atoms with E-state index in [-0.39, 0.29) is 5.92 Å². The maximum atomic E-state index is 15.2. The number of nitrogens with zero attached hydrogens (tertiary/aromatic N) is 2. The summed E-state index contributed by atoms with van der Waals surface area (Å²) in [7, 11) is 0. The van der Waals surface area contributed by atoms with E-state index in [1.165, 1.54) is 8.96 Å². The fourth-order valence-corrected chi connectivity index (χ4v) is 3.89. The van der Waals surface area contributed by atoms with Crippen molar-refractivity contribution in [1.82, 2.24) is 4.48 Å². The molecule has 112 valence electrons. The molecule has 0 fully saturated rings. The minimum Gasteiger partial charge on any atom is -0.394 e. The number of hydrogen-bond donors (Lipinski definition) is 0. The number of fused-ring (bicyclic) bond motifs is 2. The molecule has 0 N–H and O–H groups in total. The van der Waals surface area contributed by atoms with Gasteiger partial charge < -0.3 is 17.6 Å². The Morgan fingerprint density at radius 1 is 1.14 bits per heavy atom. The van der Waals surface area contributed by atoms with Crippen LogP contribution in [0, 0.1) is 19.8 Å². The van der Waals surface area contributed by atoms with Crippen molar-refractivity contribution in [2.24, 2.45) is 5.92 Å². The van der Waals surface area contributed by atoms with Gasteiger partial charge in [-0.1, -0.05) is 13.8 Å². The lowest BCUT2D eigenvalue weighted by Crippen LogP contribution is -2.51. The van der Waals surface area contributed by atoms with Gasteiger partial charge in [-0.25, -0.2) is 0 Å². The first kappa shape index (κ1) is 14.3. The summed E-state index contributed by atoms with van der Waals surface area (Å²) >= 11 is 0. The van der Waals surface area contributed by atoms with Crippen LogP contribution in [0.1, 0.15) is 44.6 Å². The fourth-order valence-electron chi connectivity index (χ4n) is 3.89. The van der Waals surface area contributed by atoms with Gasteiger partial charge in [0.05, 0.1) is 0 Å². The molecule has 0 spiro atoms. The lowest BCUT2D eigenvalue weighted by atomic mass is 9.82. The third-order valence-electron chi connectivity index (χ3n) is 4.55. The third-order valence-corrected chi connectivity index (χ3v) is 4.55. The van der Waals surface area contributed by atoms with Crippen molar-refractivity contribution in [3.05, 3.63) is 40.4 Å². The van der Waals surface area contributed by atoms with Gasteiger partial charge in [-0.05, 0) is 44.0 Å². The number of hydrogen-bond acceptors (Lipinski definition) is 0. The Morgan fingerprint density at radius 3 is 2.33 bits per heavy atom. The molecule has 0 aliphatic carbocycles. The molecule has 0 aromatic carbocycles. The monoisotopic (exact) mass is 290 g/mol. The molecule has 3 rings (SSSR count). The van der Waals surface area contributed by atoms with Crippen LogP contribution in [-0.4, -0.2) is 21.6 Å². The SMILES string of the molecule is CC1=CC(C)=[N+]2C1=C(C(C)C)c1c(C)cc(C)n1[B-]2(F)F. The minimum absolute atomic E-state index is 0.190. The normalized spacial score (nSPS) is 20.1. The molecule has 2 aliphatic heterocycles. The highest BCUT2D eigenvalue weighted by atomic mass is 19.2. The van der Waals surface area contributed by atoms with E-state index >= 15 is 8.63 Å². The van der Waals surface area contributed by atoms with E-state index in [0.29, 0.717) is 22.8 Å². The molecule has 0 amide bonds. The predicted molar refractivity (Wildman–Crippen MR) is 83.7 cm³/mol. The molecule has 2 aliphatic rings. The van der Waals surface area contributed by atoms with E-state index < -0.39 is 6.97 Å². The highest BCUT2D eigenvalue weighted by Gasteiger charge is 2.55. The van der Waals surface area contributed by atoms with E-state index in [0.717, 1.165) is 16.7 Å². The molecule has 1 aromatic heterocycles. The maximum absolute atomic E-state index is 15.2. The number of aryl methyl sites for hydroxylation is 2. The summed E-state index contributed by atoms with van der Waals surface area (Å²) in [6, 6.07) is 1.87. The quantitative estimate of drug-likeness (QED) is 0.687. The van der Waals surface area contributed by atoms with Crippen LogP contribution in [0.4, 0.5) is 8.63 Å². The lowest BCUT2D eigenvalue weighted by Gasteiger charge is -2.35. The van der Waals surface area contributed by atoms with Crippen LogP contribution in [-0.2, 0) is 0 Å². The molecule has 0 bridgehead atoms. The smallest absolute Gasteiger partial charge is 0.394 e. The first-order valence-corrected chi connectivity index (χ1v) is 7.45. The molecule has 0 unspecified atom stereocenters. The average molecular weight is 290 g/mol. The molecule has 0 radical (unpaired) electrons. The Morgan fingerprint density at radius 2 is 1.76 bits per heavy atom. The van der Waals surface area contributed by atoms with Crippen molar-refractivity contribution < 1.29 is 13.1 Å². The van der Waals surface area contributed by atoms with Crippen molar-refractivity contribution in [2.45, 2.75) is 41.5 Å². The van der Waals surface area contributed by atoms with E-state index in [4.69, 9.17) is 0 Å². The molecule has 0 saturated carbocycles. The summed E-state index contributed by atoms with van der Waals surface area (Å²) in [5.74, 6) is 0.190. The second kappa shape index (κ2) is 4.18. The molecule has 0 atom stereocenters. The van der Waals surface area contributed by atoms with Gasteiger partial charge in [0.2, 0.25) is 0 Å². The van der Waals surface area contributed by atoms with Crippen molar-refractivity contribution in [3.63, 3.8) is 0 Å². The minimum atomic E-state index is -3.82. The fraction of sp³-hybridized carbons (Fsp3) is 0.438. The van der Waals surface area contributed by atoms with Crippen LogP contribution in [0.2, 0.25) is 0 Å². The van der Waals surface area contributed by atoms with Gasteiger partial charge in [-0.2, -0.15) is 0 Å². The Labute approximate surface area is 124 Å². The second-order valence-corrected chi connectivity index (χ2v) is 6.53. The topological polar surface area (TPSA) is 7.94 Å². The standard InChI is InChI=1S/C16H21BF2N2/c1-9(2)14-15-10(3)7-12(5)20(15)17(18,19)21-13(6)8-11(4)16(14)21/h7-9H,1-6H3. The van der Waals surface area contributed by atoms with E-state index in [2.05, 4.69) is 13.8 Å². The van der Waals surface area contributed by atoms with Crippen molar-refractivity contribution >= 4 is 18.3 Å². The maximum Gasteiger partial charge on any atom is 0.737 e. The first-order chi connectivity index (χ1) is 9.67. The largest absolute Gasteiger partial charge is 0.737 e. The molecular weight excluding hydrogens is 269 g/mol. The summed E-state index contributed by atoms with van der Waals surface area (Å²) in [6.07, 6.45) is 1.87. The van der Waals surface area contributed by atoms with Crippen LogP contribution in [0.25, 0.3) is 5.57 Å². The average Bonchev–Trinajstić information content (AvgIpc) is 2.78. The Bertz CT molecular complexity index is 749. The highest BCUT2D eigenvalue weighted by molar-refractivity contribution is 6.58. The van der Waals surface area contributed by atoms with Gasteiger partial charge >= 0.3 is 6.97 Å². The number of allylic oxidation sites excluding steroid dienone is 3. The zero-order valence-corrected chi connectivity index (χ0v) is 13.5. The van der Waals surface area contributed by atoms with E-state index in [9.17, 15) is 0 Å². The van der Waals surface area contributed by atoms with Crippen LogP contribution in [0.3, 0.4) is 0 Å². The van der Waals surface area contributed by atoms with Crippen molar-refractivity contribution in [3.8, 4) is 0 Å². The van der Waals surface area contributed by atoms with Crippen LogP contribution in [0.15, 0.2) is 23.4 Å². The summed E-state index contributed by atoms with van der Waals surface area (Å²) in [4.78, 5) is 0. The second-order valence-electron chi connectivity index (χ2n) is 6.53. The molecule has 2 nitrogen and oxygen atoms in total. The van der Waals surface area contributed by atoms with Crippen LogP contribution < -0.4 is 0 Å². The van der Waals surface area contributed by atoms with Crippen LogP contribution in [0.5, 0.6) is 0 Å². The van der Waals surface area contributed by atoms with Gasteiger partial charge in [0.1, 0.15) is 5.71 Å². The highest BCUT2D eigenvalue weighted by Crippen LogP contribution is 2.43. The number of halogens is 2. The van der Waals surface area contributed by atoms with Gasteiger partial charge in [-0.15, -0.1) is 0 Å². The van der Waals surface area contributed by atoms with Gasteiger partial charge in [0, 0.05) is 29.8 Å². The molecule has 0 saturated heterocycles. The van der Waals surface area contributed by atoms with Crippen molar-refractivity contribution in [2.75, 3.05) is 0 Å². The van der Waals surface area contributed by atoms with Crippen LogP contribution >= 0.6 is 0 Å². The Balaban J connectivity index is 2.50. The molecular formula is C16H21BF2N2. The van der Waals surface area contributed by atoms with E-state index in [1.807, 2.05) is 26.0 Å². The lowest BCUT2D eigenvalue weighted by molar-refractivity contribution is -0.364. The molecule has 3 heterocycles. The van der Waals surface area contributed by atoms with E-state index in [1.54, 1.807) is 13.8 Å². The molecule has 1 aromatic rings. The Kier molecular flexibility index (Phi) is 2.85. The van der Waals surface area contributed by atoms with Crippen molar-refractivity contribution in [1.29, 1.82) is 0 Å². The van der Waals surface area contributed by atoms with Gasteiger partial charge in [0.25, 0.3) is 0 Å².